The quantitative estimate of drug-likeness (QED) is 0.112. The van der Waals surface area contributed by atoms with Crippen LogP contribution in [0.4, 0.5) is 0 Å². The van der Waals surface area contributed by atoms with E-state index in [1.807, 2.05) is 6.92 Å². The molecule has 0 unspecified atom stereocenters. The topological polar surface area (TPSA) is 61.6 Å². The van der Waals surface area contributed by atoms with Crippen LogP contribution in [-0.4, -0.2) is 33.1 Å². The second kappa shape index (κ2) is 25.4. The Balaban J connectivity index is 0.000000970. The molecule has 0 saturated carbocycles. The standard InChI is InChI=1S/C25H53N.C7H8O3S/c1-4-6-8-10-12-14-16-18-20-22-24-26(3)25-23-21-19-17-15-13-11-9-7-5-2;1-6-2-4-7(5-3-6)11(8,9)10/h4-25H2,1-3H3;2-5H,1H3,(H,8,9,10). The normalized spacial score (nSPS) is 11.5. The summed E-state index contributed by atoms with van der Waals surface area (Å²) in [6, 6.07) is 5.78. The van der Waals surface area contributed by atoms with Gasteiger partial charge in [-0.15, -0.1) is 0 Å². The number of nitrogens with one attached hydrogen (secondary N) is 1. The number of aryl methyl sites for hydroxylation is 1. The van der Waals surface area contributed by atoms with Crippen LogP contribution in [0.15, 0.2) is 29.2 Å². The van der Waals surface area contributed by atoms with Gasteiger partial charge in [-0.2, -0.15) is 0 Å². The summed E-state index contributed by atoms with van der Waals surface area (Å²) in [5.41, 5.74) is 0.928. The van der Waals surface area contributed by atoms with Gasteiger partial charge in [0.1, 0.15) is 10.1 Å². The van der Waals surface area contributed by atoms with Crippen molar-refractivity contribution >= 4 is 10.1 Å². The first-order valence-corrected chi connectivity index (χ1v) is 17.1. The van der Waals surface area contributed by atoms with Crippen molar-refractivity contribution in [3.05, 3.63) is 29.8 Å². The van der Waals surface area contributed by atoms with Gasteiger partial charge in [0.15, 0.2) is 0 Å². The molecule has 218 valence electrons. The van der Waals surface area contributed by atoms with Crippen LogP contribution < -0.4 is 4.90 Å². The predicted octanol–water partition coefficient (Wildman–Crippen LogP) is 8.24. The molecule has 0 amide bonds. The smallest absolute Gasteiger partial charge is 0.124 e. The fourth-order valence-corrected chi connectivity index (χ4v) is 5.13. The first-order valence-electron chi connectivity index (χ1n) is 15.6. The number of hydrogen-bond donors (Lipinski definition) is 1. The summed E-state index contributed by atoms with van der Waals surface area (Å²) in [5.74, 6) is 0. The Labute approximate surface area is 231 Å². The first kappa shape index (κ1) is 36.1. The Morgan fingerprint density at radius 3 is 1.16 bits per heavy atom. The van der Waals surface area contributed by atoms with E-state index in [9.17, 15) is 13.0 Å². The van der Waals surface area contributed by atoms with Crippen LogP contribution in [0.25, 0.3) is 0 Å². The van der Waals surface area contributed by atoms with Gasteiger partial charge >= 0.3 is 0 Å². The monoisotopic (exact) mass is 539 g/mol. The van der Waals surface area contributed by atoms with Gasteiger partial charge in [-0.05, 0) is 44.7 Å². The molecule has 0 aliphatic carbocycles. The van der Waals surface area contributed by atoms with Crippen molar-refractivity contribution < 1.29 is 17.9 Å². The Hall–Kier alpha value is -0.910. The Morgan fingerprint density at radius 2 is 0.865 bits per heavy atom. The van der Waals surface area contributed by atoms with Gasteiger partial charge in [0, 0.05) is 0 Å². The van der Waals surface area contributed by atoms with Crippen molar-refractivity contribution in [3.63, 3.8) is 0 Å². The third-order valence-corrected chi connectivity index (χ3v) is 8.07. The van der Waals surface area contributed by atoms with E-state index in [2.05, 4.69) is 20.9 Å². The van der Waals surface area contributed by atoms with E-state index in [4.69, 9.17) is 0 Å². The van der Waals surface area contributed by atoms with Crippen LogP contribution >= 0.6 is 0 Å². The second-order valence-electron chi connectivity index (χ2n) is 11.1. The zero-order chi connectivity index (χ0) is 27.6. The van der Waals surface area contributed by atoms with E-state index < -0.39 is 10.1 Å². The average molecular weight is 540 g/mol. The van der Waals surface area contributed by atoms with Crippen LogP contribution in [0.1, 0.15) is 148 Å². The predicted molar refractivity (Wildman–Crippen MR) is 159 cm³/mol. The third-order valence-electron chi connectivity index (χ3n) is 7.22. The van der Waals surface area contributed by atoms with Crippen LogP contribution in [-0.2, 0) is 10.1 Å². The molecule has 1 N–H and O–H groups in total. The van der Waals surface area contributed by atoms with Gasteiger partial charge in [0.25, 0.3) is 0 Å². The first-order chi connectivity index (χ1) is 17.8. The van der Waals surface area contributed by atoms with E-state index in [1.54, 1.807) is 17.0 Å². The van der Waals surface area contributed by atoms with Crippen molar-refractivity contribution in [2.24, 2.45) is 0 Å². The lowest BCUT2D eigenvalue weighted by Crippen LogP contribution is -3.09. The number of unbranched alkanes of at least 4 members (excludes halogenated alkanes) is 18. The van der Waals surface area contributed by atoms with Crippen molar-refractivity contribution in [3.8, 4) is 0 Å². The molecule has 0 aliphatic heterocycles. The van der Waals surface area contributed by atoms with Crippen molar-refractivity contribution in [2.45, 2.75) is 154 Å². The Bertz CT molecular complexity index is 679. The summed E-state index contributed by atoms with van der Waals surface area (Å²) in [7, 11) is -1.87. The summed E-state index contributed by atoms with van der Waals surface area (Å²) in [4.78, 5) is 1.59. The maximum absolute atomic E-state index is 10.4. The zero-order valence-electron chi connectivity index (χ0n) is 25.0. The Morgan fingerprint density at radius 1 is 0.568 bits per heavy atom. The van der Waals surface area contributed by atoms with Crippen LogP contribution in [0.2, 0.25) is 0 Å². The fraction of sp³-hybridized carbons (Fsp3) is 0.812. The molecule has 0 bridgehead atoms. The lowest BCUT2D eigenvalue weighted by Gasteiger charge is -2.13. The van der Waals surface area contributed by atoms with Crippen LogP contribution in [0.3, 0.4) is 0 Å². The second-order valence-corrected chi connectivity index (χ2v) is 12.5. The van der Waals surface area contributed by atoms with Crippen molar-refractivity contribution in [1.82, 2.24) is 0 Å². The van der Waals surface area contributed by atoms with E-state index in [0.717, 1.165) is 5.56 Å². The molecule has 0 fully saturated rings. The van der Waals surface area contributed by atoms with E-state index in [1.165, 1.54) is 154 Å². The zero-order valence-corrected chi connectivity index (χ0v) is 25.8. The van der Waals surface area contributed by atoms with Crippen LogP contribution in [0.5, 0.6) is 0 Å². The molecule has 0 atom stereocenters. The minimum atomic E-state index is -4.27. The minimum absolute atomic E-state index is 0.178. The van der Waals surface area contributed by atoms with Gasteiger partial charge in [0.05, 0.1) is 25.0 Å². The molecule has 37 heavy (non-hydrogen) atoms. The molecule has 0 aromatic heterocycles. The van der Waals surface area contributed by atoms with Gasteiger partial charge < -0.3 is 9.45 Å². The van der Waals surface area contributed by atoms with E-state index in [-0.39, 0.29) is 4.90 Å². The Kier molecular flexibility index (Phi) is 24.7. The third kappa shape index (κ3) is 25.1. The largest absolute Gasteiger partial charge is 0.744 e. The molecule has 0 heterocycles. The number of rotatable bonds is 23. The molecule has 1 aromatic carbocycles. The molecule has 1 aromatic rings. The van der Waals surface area contributed by atoms with E-state index in [0.29, 0.717) is 0 Å². The molecule has 0 radical (unpaired) electrons. The highest BCUT2D eigenvalue weighted by atomic mass is 32.2. The molecule has 0 spiro atoms. The molecule has 1 rings (SSSR count). The van der Waals surface area contributed by atoms with Crippen molar-refractivity contribution in [2.75, 3.05) is 20.1 Å². The average Bonchev–Trinajstić information content (AvgIpc) is 2.86. The molecule has 0 aliphatic rings. The number of quaternary nitrogens is 1. The summed E-state index contributed by atoms with van der Waals surface area (Å²) in [6.07, 6.45) is 29.1. The molecular formula is C32H61NO3S. The lowest BCUT2D eigenvalue weighted by molar-refractivity contribution is -0.880. The van der Waals surface area contributed by atoms with E-state index >= 15 is 0 Å². The highest BCUT2D eigenvalue weighted by Gasteiger charge is 2.02. The highest BCUT2D eigenvalue weighted by Crippen LogP contribution is 2.11. The number of benzene rings is 1. The fourth-order valence-electron chi connectivity index (χ4n) is 4.66. The minimum Gasteiger partial charge on any atom is -0.744 e. The molecule has 5 heteroatoms. The van der Waals surface area contributed by atoms with Gasteiger partial charge in [-0.3, -0.25) is 0 Å². The summed E-state index contributed by atoms with van der Waals surface area (Å²) < 4.78 is 31.2. The number of hydrogen-bond acceptors (Lipinski definition) is 3. The lowest BCUT2D eigenvalue weighted by atomic mass is 10.1. The molecule has 0 saturated heterocycles. The highest BCUT2D eigenvalue weighted by molar-refractivity contribution is 7.85. The van der Waals surface area contributed by atoms with Gasteiger partial charge in [-0.1, -0.05) is 134 Å². The summed E-state index contributed by atoms with van der Waals surface area (Å²) in [5, 5.41) is 0. The van der Waals surface area contributed by atoms with Crippen molar-refractivity contribution in [1.29, 1.82) is 0 Å². The SMILES string of the molecule is CCCCCCCCCCCC[NH+](C)CCCCCCCCCCCC.Cc1ccc(S(=O)(=O)[O-])cc1. The molecular weight excluding hydrogens is 478 g/mol. The van der Waals surface area contributed by atoms with Crippen LogP contribution in [0, 0.1) is 6.92 Å². The molecule has 4 nitrogen and oxygen atoms in total. The van der Waals surface area contributed by atoms with Gasteiger partial charge in [-0.25, -0.2) is 8.42 Å². The summed E-state index contributed by atoms with van der Waals surface area (Å²) in [6.45, 7) is 9.22. The van der Waals surface area contributed by atoms with Gasteiger partial charge in [0.2, 0.25) is 0 Å². The maximum atomic E-state index is 10.4. The maximum Gasteiger partial charge on any atom is 0.124 e. The summed E-state index contributed by atoms with van der Waals surface area (Å²) >= 11 is 0.